The van der Waals surface area contributed by atoms with E-state index in [0.29, 0.717) is 11.8 Å². The Morgan fingerprint density at radius 2 is 2.20 bits per heavy atom. The Kier molecular flexibility index (Phi) is 3.89. The second kappa shape index (κ2) is 5.85. The first-order valence-corrected chi connectivity index (χ1v) is 9.68. The molecule has 4 nitrogen and oxygen atoms in total. The average Bonchev–Trinajstić information content (AvgIpc) is 3.12. The van der Waals surface area contributed by atoms with Gasteiger partial charge in [0.05, 0.1) is 11.6 Å². The van der Waals surface area contributed by atoms with Crippen LogP contribution in [0.2, 0.25) is 0 Å². The van der Waals surface area contributed by atoms with E-state index in [1.165, 1.54) is 11.1 Å². The molecule has 2 aliphatic rings. The van der Waals surface area contributed by atoms with Gasteiger partial charge in [-0.05, 0) is 61.1 Å². The van der Waals surface area contributed by atoms with Gasteiger partial charge in [0.15, 0.2) is 0 Å². The third-order valence-corrected chi connectivity index (χ3v) is 6.89. The van der Waals surface area contributed by atoms with Gasteiger partial charge < -0.3 is 14.9 Å². The summed E-state index contributed by atoms with van der Waals surface area (Å²) in [5, 5.41) is 13.9. The number of nitrogens with zero attached hydrogens (tertiary/aromatic N) is 2. The fourth-order valence-corrected chi connectivity index (χ4v) is 5.48. The molecule has 0 unspecified atom stereocenters. The zero-order valence-corrected chi connectivity index (χ0v) is 15.7. The van der Waals surface area contributed by atoms with E-state index in [9.17, 15) is 9.90 Å². The van der Waals surface area contributed by atoms with Gasteiger partial charge in [-0.25, -0.2) is 0 Å². The Hall–Kier alpha value is -1.85. The number of carbonyl (C=O) groups excluding carboxylic acids is 1. The van der Waals surface area contributed by atoms with Crippen LogP contribution in [0.1, 0.15) is 34.8 Å². The molecule has 1 N–H and O–H groups in total. The molecule has 25 heavy (non-hydrogen) atoms. The van der Waals surface area contributed by atoms with Crippen molar-refractivity contribution >= 4 is 17.2 Å². The molecule has 0 saturated carbocycles. The quantitative estimate of drug-likeness (QED) is 0.899. The Bertz CT molecular complexity index is 804. The summed E-state index contributed by atoms with van der Waals surface area (Å²) in [6.45, 7) is 3.26. The average molecular weight is 356 g/mol. The molecule has 1 aromatic carbocycles. The van der Waals surface area contributed by atoms with Crippen LogP contribution in [0, 0.1) is 0 Å². The van der Waals surface area contributed by atoms with Crippen LogP contribution in [0.15, 0.2) is 35.0 Å². The van der Waals surface area contributed by atoms with Crippen LogP contribution >= 0.6 is 11.3 Å². The molecule has 0 radical (unpaired) electrons. The van der Waals surface area contributed by atoms with Gasteiger partial charge in [0.2, 0.25) is 0 Å². The first kappa shape index (κ1) is 16.6. The van der Waals surface area contributed by atoms with Crippen molar-refractivity contribution in [3.8, 4) is 5.75 Å². The molecule has 1 saturated heterocycles. The van der Waals surface area contributed by atoms with Gasteiger partial charge in [0, 0.05) is 23.9 Å². The van der Waals surface area contributed by atoms with Crippen molar-refractivity contribution in [2.45, 2.75) is 37.3 Å². The van der Waals surface area contributed by atoms with Crippen molar-refractivity contribution in [3.63, 3.8) is 0 Å². The molecule has 1 aromatic heterocycles. The van der Waals surface area contributed by atoms with Crippen molar-refractivity contribution in [3.05, 3.63) is 51.7 Å². The monoisotopic (exact) mass is 356 g/mol. The number of rotatable bonds is 2. The second-order valence-corrected chi connectivity index (χ2v) is 8.41. The molecule has 1 aliphatic carbocycles. The normalized spacial score (nSPS) is 28.4. The van der Waals surface area contributed by atoms with E-state index < -0.39 is 0 Å². The van der Waals surface area contributed by atoms with Crippen LogP contribution in [-0.2, 0) is 11.8 Å². The molecule has 1 aliphatic heterocycles. The Balaban J connectivity index is 1.80. The van der Waals surface area contributed by atoms with Crippen molar-refractivity contribution in [1.29, 1.82) is 0 Å². The van der Waals surface area contributed by atoms with Crippen LogP contribution in [0.4, 0.5) is 0 Å². The van der Waals surface area contributed by atoms with Crippen molar-refractivity contribution < 1.29 is 9.90 Å². The minimum absolute atomic E-state index is 0.0846. The first-order valence-electron chi connectivity index (χ1n) is 8.74. The number of thiophene rings is 1. The summed E-state index contributed by atoms with van der Waals surface area (Å²) in [4.78, 5) is 17.4. The summed E-state index contributed by atoms with van der Waals surface area (Å²) in [5.74, 6) is 0.393. The molecule has 5 heteroatoms. The molecule has 0 spiro atoms. The SMILES string of the molecule is CN1CC[C@@]2(C)c3cc(O)ccc3C[C@@H]1[C@@H]2N(C)C(=O)c1ccsc1. The van der Waals surface area contributed by atoms with Crippen molar-refractivity contribution in [2.75, 3.05) is 20.6 Å². The lowest BCUT2D eigenvalue weighted by molar-refractivity contribution is 0.00532. The van der Waals surface area contributed by atoms with E-state index in [1.54, 1.807) is 17.4 Å². The standard InChI is InChI=1S/C20H24N2O2S/c1-20-7-8-21(2)17(10-13-4-5-15(23)11-16(13)20)18(20)22(3)19(24)14-6-9-25-12-14/h4-6,9,11-12,17-18,23H,7-8,10H2,1-3H3/t17-,18+,20+/m1/s1. The van der Waals surface area contributed by atoms with Gasteiger partial charge in [0.25, 0.3) is 5.91 Å². The summed E-state index contributed by atoms with van der Waals surface area (Å²) >= 11 is 1.55. The van der Waals surface area contributed by atoms with Crippen LogP contribution < -0.4 is 0 Å². The molecule has 2 heterocycles. The lowest BCUT2D eigenvalue weighted by Gasteiger charge is -2.57. The van der Waals surface area contributed by atoms with Crippen LogP contribution in [0.25, 0.3) is 0 Å². The maximum absolute atomic E-state index is 13.0. The molecule has 1 amide bonds. The van der Waals surface area contributed by atoms with E-state index in [0.717, 1.165) is 24.9 Å². The molecule has 1 fully saturated rings. The zero-order valence-electron chi connectivity index (χ0n) is 14.9. The molecule has 3 atom stereocenters. The van der Waals surface area contributed by atoms with Gasteiger partial charge in [-0.15, -0.1) is 0 Å². The zero-order chi connectivity index (χ0) is 17.8. The van der Waals surface area contributed by atoms with Gasteiger partial charge >= 0.3 is 0 Å². The molecular weight excluding hydrogens is 332 g/mol. The van der Waals surface area contributed by atoms with E-state index in [1.807, 2.05) is 40.9 Å². The maximum atomic E-state index is 13.0. The highest BCUT2D eigenvalue weighted by molar-refractivity contribution is 7.08. The number of fused-ring (bicyclic) bond motifs is 4. The van der Waals surface area contributed by atoms with Crippen molar-refractivity contribution in [1.82, 2.24) is 9.80 Å². The third-order valence-electron chi connectivity index (χ3n) is 6.21. The van der Waals surface area contributed by atoms with Crippen LogP contribution in [-0.4, -0.2) is 53.5 Å². The van der Waals surface area contributed by atoms with Crippen molar-refractivity contribution in [2.24, 2.45) is 0 Å². The summed E-state index contributed by atoms with van der Waals surface area (Å²) in [5.41, 5.74) is 3.11. The predicted octanol–water partition coefficient (Wildman–Crippen LogP) is 3.11. The van der Waals surface area contributed by atoms with E-state index in [2.05, 4.69) is 18.9 Å². The number of piperidine rings is 1. The second-order valence-electron chi connectivity index (χ2n) is 7.63. The number of benzene rings is 1. The highest BCUT2D eigenvalue weighted by Gasteiger charge is 2.52. The van der Waals surface area contributed by atoms with E-state index in [-0.39, 0.29) is 17.4 Å². The number of aromatic hydroxyl groups is 1. The number of likely N-dealkylation sites (tertiary alicyclic amines) is 1. The lowest BCUT2D eigenvalue weighted by atomic mass is 9.61. The summed E-state index contributed by atoms with van der Waals surface area (Å²) in [7, 11) is 4.09. The predicted molar refractivity (Wildman–Crippen MR) is 100 cm³/mol. The van der Waals surface area contributed by atoms with Gasteiger partial charge in [-0.2, -0.15) is 11.3 Å². The Morgan fingerprint density at radius 1 is 1.40 bits per heavy atom. The fourth-order valence-electron chi connectivity index (χ4n) is 4.85. The molecule has 2 aromatic rings. The minimum Gasteiger partial charge on any atom is -0.508 e. The fraction of sp³-hybridized carbons (Fsp3) is 0.450. The number of hydrogen-bond acceptors (Lipinski definition) is 4. The van der Waals surface area contributed by atoms with Gasteiger partial charge in [-0.1, -0.05) is 13.0 Å². The number of phenols is 1. The van der Waals surface area contributed by atoms with Gasteiger partial charge in [0.1, 0.15) is 5.75 Å². The smallest absolute Gasteiger partial charge is 0.254 e. The summed E-state index contributed by atoms with van der Waals surface area (Å²) < 4.78 is 0. The number of phenolic OH excluding ortho intramolecular Hbond substituents is 1. The molecule has 4 rings (SSSR count). The lowest BCUT2D eigenvalue weighted by Crippen LogP contribution is -2.67. The summed E-state index contributed by atoms with van der Waals surface area (Å²) in [6.07, 6.45) is 1.88. The Morgan fingerprint density at radius 3 is 2.92 bits per heavy atom. The number of carbonyl (C=O) groups is 1. The third kappa shape index (κ3) is 2.49. The molecule has 132 valence electrons. The highest BCUT2D eigenvalue weighted by atomic mass is 32.1. The first-order chi connectivity index (χ1) is 11.9. The molecule has 2 bridgehead atoms. The van der Waals surface area contributed by atoms with E-state index >= 15 is 0 Å². The van der Waals surface area contributed by atoms with Crippen LogP contribution in [0.5, 0.6) is 5.75 Å². The highest BCUT2D eigenvalue weighted by Crippen LogP contribution is 2.47. The van der Waals surface area contributed by atoms with E-state index in [4.69, 9.17) is 0 Å². The number of likely N-dealkylation sites (N-methyl/N-ethyl adjacent to an activating group) is 2. The van der Waals surface area contributed by atoms with Crippen LogP contribution in [0.3, 0.4) is 0 Å². The molecular formula is C20H24N2O2S. The Labute approximate surface area is 152 Å². The maximum Gasteiger partial charge on any atom is 0.254 e. The van der Waals surface area contributed by atoms with Gasteiger partial charge in [-0.3, -0.25) is 4.79 Å². The minimum atomic E-state index is -0.149. The number of hydrogen-bond donors (Lipinski definition) is 1. The summed E-state index contributed by atoms with van der Waals surface area (Å²) in [6, 6.07) is 8.02. The number of amides is 1. The largest absolute Gasteiger partial charge is 0.508 e. The topological polar surface area (TPSA) is 43.8 Å².